The third-order valence-corrected chi connectivity index (χ3v) is 5.93. The molecule has 110 valence electrons. The highest BCUT2D eigenvalue weighted by Crippen LogP contribution is 2.35. The second-order valence-corrected chi connectivity index (χ2v) is 7.88. The molecule has 0 aliphatic rings. The maximum absolute atomic E-state index is 3.65. The summed E-state index contributed by atoms with van der Waals surface area (Å²) in [5.41, 5.74) is 1.91. The Hall–Kier alpha value is -0.380. The highest BCUT2D eigenvalue weighted by atomic mass is 79.9. The summed E-state index contributed by atoms with van der Waals surface area (Å²) in [6.45, 7) is 9.13. The van der Waals surface area contributed by atoms with Gasteiger partial charge in [-0.15, -0.1) is 11.3 Å². The number of aryl methyl sites for hydroxylation is 1. The van der Waals surface area contributed by atoms with Crippen molar-refractivity contribution < 1.29 is 0 Å². The van der Waals surface area contributed by atoms with Gasteiger partial charge >= 0.3 is 0 Å². The minimum atomic E-state index is 0.405. The molecule has 0 unspecified atom stereocenters. The Bertz CT molecular complexity index is 559. The van der Waals surface area contributed by atoms with Gasteiger partial charge in [0.2, 0.25) is 0 Å². The summed E-state index contributed by atoms with van der Waals surface area (Å²) < 4.78 is 2.60. The molecule has 0 radical (unpaired) electrons. The predicted molar refractivity (Wildman–Crippen MR) is 94.8 cm³/mol. The van der Waals surface area contributed by atoms with Gasteiger partial charge in [-0.25, -0.2) is 0 Å². The summed E-state index contributed by atoms with van der Waals surface area (Å²) in [7, 11) is 0. The molecule has 1 N–H and O–H groups in total. The van der Waals surface area contributed by atoms with Gasteiger partial charge in [-0.3, -0.25) is 0 Å². The van der Waals surface area contributed by atoms with E-state index in [2.05, 4.69) is 65.6 Å². The molecule has 3 heteroatoms. The second-order valence-electron chi connectivity index (χ2n) is 6.15. The molecule has 0 saturated heterocycles. The van der Waals surface area contributed by atoms with Gasteiger partial charge < -0.3 is 5.32 Å². The first-order chi connectivity index (χ1) is 9.53. The van der Waals surface area contributed by atoms with E-state index < -0.39 is 0 Å². The van der Waals surface area contributed by atoms with Crippen LogP contribution in [0.2, 0.25) is 0 Å². The molecular formula is C17H24BrNS. The first kappa shape index (κ1) is 16.0. The van der Waals surface area contributed by atoms with Crippen LogP contribution in [0.3, 0.4) is 0 Å². The van der Waals surface area contributed by atoms with E-state index in [0.717, 1.165) is 13.1 Å². The summed E-state index contributed by atoms with van der Waals surface area (Å²) in [6, 6.07) is 6.51. The molecule has 0 aliphatic carbocycles. The van der Waals surface area contributed by atoms with E-state index >= 15 is 0 Å². The third kappa shape index (κ3) is 4.06. The van der Waals surface area contributed by atoms with Crippen molar-refractivity contribution in [1.29, 1.82) is 0 Å². The van der Waals surface area contributed by atoms with Crippen LogP contribution in [0.25, 0.3) is 10.1 Å². The lowest BCUT2D eigenvalue weighted by molar-refractivity contribution is 0.304. The monoisotopic (exact) mass is 353 g/mol. The molecule has 2 aromatic rings. The molecule has 20 heavy (non-hydrogen) atoms. The maximum atomic E-state index is 3.65. The Morgan fingerprint density at radius 3 is 2.80 bits per heavy atom. The molecule has 0 amide bonds. The number of benzene rings is 1. The SMILES string of the molecule is CCNCCC(C)(C)CCc1csc2c(Br)cccc12. The Balaban J connectivity index is 2.00. The molecule has 0 bridgehead atoms. The van der Waals surface area contributed by atoms with E-state index in [1.54, 1.807) is 0 Å². The van der Waals surface area contributed by atoms with Gasteiger partial charge in [-0.1, -0.05) is 32.9 Å². The van der Waals surface area contributed by atoms with Crippen molar-refractivity contribution in [3.05, 3.63) is 33.6 Å². The number of hydrogen-bond donors (Lipinski definition) is 1. The van der Waals surface area contributed by atoms with Crippen LogP contribution in [0.4, 0.5) is 0 Å². The summed E-state index contributed by atoms with van der Waals surface area (Å²) >= 11 is 5.50. The van der Waals surface area contributed by atoms with Gasteiger partial charge in [-0.2, -0.15) is 0 Å². The molecule has 0 spiro atoms. The second kappa shape index (κ2) is 7.06. The van der Waals surface area contributed by atoms with Crippen LogP contribution in [0.15, 0.2) is 28.1 Å². The van der Waals surface area contributed by atoms with E-state index in [4.69, 9.17) is 0 Å². The lowest BCUT2D eigenvalue weighted by Gasteiger charge is -2.24. The van der Waals surface area contributed by atoms with Crippen molar-refractivity contribution in [2.45, 2.75) is 40.0 Å². The van der Waals surface area contributed by atoms with E-state index in [9.17, 15) is 0 Å². The van der Waals surface area contributed by atoms with Crippen LogP contribution in [-0.4, -0.2) is 13.1 Å². The zero-order chi connectivity index (χ0) is 14.6. The fourth-order valence-corrected chi connectivity index (χ4v) is 4.13. The molecule has 1 aromatic carbocycles. The first-order valence-electron chi connectivity index (χ1n) is 7.39. The Labute approximate surface area is 134 Å². The van der Waals surface area contributed by atoms with Gasteiger partial charge in [-0.05, 0) is 76.1 Å². The summed E-state index contributed by atoms with van der Waals surface area (Å²) in [6.07, 6.45) is 3.67. The highest BCUT2D eigenvalue weighted by molar-refractivity contribution is 9.10. The van der Waals surface area contributed by atoms with Crippen molar-refractivity contribution in [2.75, 3.05) is 13.1 Å². The minimum Gasteiger partial charge on any atom is -0.317 e. The number of rotatable bonds is 7. The highest BCUT2D eigenvalue weighted by Gasteiger charge is 2.18. The van der Waals surface area contributed by atoms with E-state index in [-0.39, 0.29) is 0 Å². The Morgan fingerprint density at radius 2 is 2.05 bits per heavy atom. The normalized spacial score (nSPS) is 12.2. The molecule has 1 heterocycles. The third-order valence-electron chi connectivity index (χ3n) is 3.93. The smallest absolute Gasteiger partial charge is 0.0487 e. The van der Waals surface area contributed by atoms with Crippen LogP contribution >= 0.6 is 27.3 Å². The Morgan fingerprint density at radius 1 is 1.25 bits per heavy atom. The lowest BCUT2D eigenvalue weighted by Crippen LogP contribution is -2.22. The maximum Gasteiger partial charge on any atom is 0.0487 e. The standard InChI is InChI=1S/C17H24BrNS/c1-4-19-11-10-17(2,3)9-8-13-12-20-16-14(13)6-5-7-15(16)18/h5-7,12,19H,4,8-11H2,1-3H3. The fraction of sp³-hybridized carbons (Fsp3) is 0.529. The summed E-state index contributed by atoms with van der Waals surface area (Å²) in [5, 5.41) is 7.18. The van der Waals surface area contributed by atoms with Crippen LogP contribution in [0.1, 0.15) is 39.2 Å². The molecule has 1 aromatic heterocycles. The van der Waals surface area contributed by atoms with Gasteiger partial charge in [0.05, 0.1) is 0 Å². The molecule has 0 aliphatic heterocycles. The van der Waals surface area contributed by atoms with Crippen LogP contribution in [0, 0.1) is 5.41 Å². The molecule has 0 saturated carbocycles. The van der Waals surface area contributed by atoms with E-state index in [1.807, 2.05) is 11.3 Å². The van der Waals surface area contributed by atoms with Gasteiger partial charge in [0, 0.05) is 9.17 Å². The van der Waals surface area contributed by atoms with Crippen molar-refractivity contribution in [3.63, 3.8) is 0 Å². The molecular weight excluding hydrogens is 330 g/mol. The average Bonchev–Trinajstić information content (AvgIpc) is 2.81. The van der Waals surface area contributed by atoms with Gasteiger partial charge in [0.1, 0.15) is 0 Å². The minimum absolute atomic E-state index is 0.405. The van der Waals surface area contributed by atoms with Crippen LogP contribution in [-0.2, 0) is 6.42 Å². The quantitative estimate of drug-likeness (QED) is 0.636. The van der Waals surface area contributed by atoms with Crippen molar-refractivity contribution in [1.82, 2.24) is 5.32 Å². The molecule has 0 fully saturated rings. The molecule has 2 rings (SSSR count). The number of halogens is 1. The molecule has 0 atom stereocenters. The summed E-state index contributed by atoms with van der Waals surface area (Å²) in [4.78, 5) is 0. The predicted octanol–water partition coefficient (Wildman–Crippen LogP) is 5.62. The first-order valence-corrected chi connectivity index (χ1v) is 9.06. The topological polar surface area (TPSA) is 12.0 Å². The van der Waals surface area contributed by atoms with E-state index in [0.29, 0.717) is 5.41 Å². The number of nitrogens with one attached hydrogen (secondary N) is 1. The van der Waals surface area contributed by atoms with Crippen molar-refractivity contribution in [3.8, 4) is 0 Å². The largest absolute Gasteiger partial charge is 0.317 e. The zero-order valence-corrected chi connectivity index (χ0v) is 15.0. The van der Waals surface area contributed by atoms with Crippen molar-refractivity contribution >= 4 is 37.4 Å². The Kier molecular flexibility index (Phi) is 5.65. The zero-order valence-electron chi connectivity index (χ0n) is 12.6. The van der Waals surface area contributed by atoms with Crippen LogP contribution in [0.5, 0.6) is 0 Å². The summed E-state index contributed by atoms with van der Waals surface area (Å²) in [5.74, 6) is 0. The fourth-order valence-electron chi connectivity index (χ4n) is 2.47. The van der Waals surface area contributed by atoms with Crippen molar-refractivity contribution in [2.24, 2.45) is 5.41 Å². The number of thiophene rings is 1. The molecule has 1 nitrogen and oxygen atoms in total. The van der Waals surface area contributed by atoms with Crippen LogP contribution < -0.4 is 5.32 Å². The number of hydrogen-bond acceptors (Lipinski definition) is 2. The lowest BCUT2D eigenvalue weighted by atomic mass is 9.83. The van der Waals surface area contributed by atoms with E-state index in [1.165, 1.54) is 39.4 Å². The van der Waals surface area contributed by atoms with Gasteiger partial charge in [0.15, 0.2) is 0 Å². The van der Waals surface area contributed by atoms with Gasteiger partial charge in [0.25, 0.3) is 0 Å². The number of fused-ring (bicyclic) bond motifs is 1. The average molecular weight is 354 g/mol.